The third-order valence-electron chi connectivity index (χ3n) is 5.46. The minimum Gasteiger partial charge on any atom is -0.384 e. The monoisotopic (exact) mass is 344 g/mol. The molecule has 2 aromatic carbocycles. The molecule has 26 heavy (non-hydrogen) atoms. The smallest absolute Gasteiger partial charge is 0.0726 e. The highest BCUT2D eigenvalue weighted by Gasteiger charge is 2.17. The Bertz CT molecular complexity index is 855. The molecule has 3 aromatic rings. The van der Waals surface area contributed by atoms with Gasteiger partial charge in [0.1, 0.15) is 0 Å². The van der Waals surface area contributed by atoms with Crippen molar-refractivity contribution in [3.63, 3.8) is 0 Å². The predicted octanol–water partition coefficient (Wildman–Crippen LogP) is 5.94. The van der Waals surface area contributed by atoms with Gasteiger partial charge in [0.05, 0.1) is 5.52 Å². The average Bonchev–Trinajstić information content (AvgIpc) is 2.70. The lowest BCUT2D eigenvalue weighted by molar-refractivity contribution is 0.669. The van der Waals surface area contributed by atoms with E-state index in [1.165, 1.54) is 72.8 Å². The van der Waals surface area contributed by atoms with E-state index < -0.39 is 0 Å². The van der Waals surface area contributed by atoms with E-state index in [1.807, 2.05) is 0 Å². The van der Waals surface area contributed by atoms with Gasteiger partial charge in [0.25, 0.3) is 0 Å². The van der Waals surface area contributed by atoms with Crippen LogP contribution in [0.1, 0.15) is 48.9 Å². The molecule has 0 unspecified atom stereocenters. The minimum absolute atomic E-state index is 1.05. The molecule has 1 aliphatic carbocycles. The molecule has 0 aliphatic heterocycles. The van der Waals surface area contributed by atoms with Crippen LogP contribution in [-0.4, -0.2) is 11.5 Å². The first-order valence-electron chi connectivity index (χ1n) is 10.1. The molecule has 0 bridgehead atoms. The predicted molar refractivity (Wildman–Crippen MR) is 111 cm³/mol. The molecular formula is C24H28N2. The van der Waals surface area contributed by atoms with E-state index in [4.69, 9.17) is 4.98 Å². The number of nitrogens with zero attached hydrogens (tertiary/aromatic N) is 1. The molecule has 1 heterocycles. The van der Waals surface area contributed by atoms with Crippen LogP contribution in [0.5, 0.6) is 0 Å². The Morgan fingerprint density at radius 3 is 2.54 bits per heavy atom. The quantitative estimate of drug-likeness (QED) is 0.537. The summed E-state index contributed by atoms with van der Waals surface area (Å²) in [7, 11) is 0. The summed E-state index contributed by atoms with van der Waals surface area (Å²) in [6.07, 6.45) is 9.81. The van der Waals surface area contributed by atoms with Crippen LogP contribution >= 0.6 is 0 Å². The van der Waals surface area contributed by atoms with Gasteiger partial charge in [0.2, 0.25) is 0 Å². The van der Waals surface area contributed by atoms with E-state index in [2.05, 4.69) is 59.9 Å². The molecule has 0 fully saturated rings. The van der Waals surface area contributed by atoms with Gasteiger partial charge in [-0.15, -0.1) is 0 Å². The third kappa shape index (κ3) is 3.90. The first-order chi connectivity index (χ1) is 12.9. The van der Waals surface area contributed by atoms with Gasteiger partial charge in [-0.3, -0.25) is 4.98 Å². The number of para-hydroxylation sites is 1. The summed E-state index contributed by atoms with van der Waals surface area (Å²) in [6.45, 7) is 1.05. The van der Waals surface area contributed by atoms with Crippen molar-refractivity contribution in [2.24, 2.45) is 0 Å². The molecule has 2 heteroatoms. The zero-order valence-electron chi connectivity index (χ0n) is 15.5. The molecule has 0 radical (unpaired) electrons. The Morgan fingerprint density at radius 1 is 0.808 bits per heavy atom. The van der Waals surface area contributed by atoms with E-state index in [-0.39, 0.29) is 0 Å². The molecule has 0 saturated carbocycles. The number of benzene rings is 2. The third-order valence-corrected chi connectivity index (χ3v) is 5.46. The fraction of sp³-hybridized carbons (Fsp3) is 0.375. The topological polar surface area (TPSA) is 24.9 Å². The van der Waals surface area contributed by atoms with Crippen LogP contribution in [0.15, 0.2) is 54.6 Å². The van der Waals surface area contributed by atoms with Crippen LogP contribution in [0.4, 0.5) is 5.69 Å². The normalized spacial score (nSPS) is 13.5. The second kappa shape index (κ2) is 8.35. The van der Waals surface area contributed by atoms with Gasteiger partial charge in [-0.2, -0.15) is 0 Å². The molecule has 0 atom stereocenters. The maximum atomic E-state index is 4.93. The maximum Gasteiger partial charge on any atom is 0.0726 e. The molecule has 4 rings (SSSR count). The summed E-state index contributed by atoms with van der Waals surface area (Å²) >= 11 is 0. The Balaban J connectivity index is 1.37. The van der Waals surface area contributed by atoms with Gasteiger partial charge < -0.3 is 5.32 Å². The Hall–Kier alpha value is -2.35. The highest BCUT2D eigenvalue weighted by Crippen LogP contribution is 2.33. The van der Waals surface area contributed by atoms with E-state index in [0.29, 0.717) is 0 Å². The van der Waals surface area contributed by atoms with Crippen molar-refractivity contribution in [3.8, 4) is 0 Å². The number of nitrogens with one attached hydrogen (secondary N) is 1. The van der Waals surface area contributed by atoms with Crippen molar-refractivity contribution in [1.82, 2.24) is 4.98 Å². The fourth-order valence-corrected chi connectivity index (χ4v) is 4.06. The van der Waals surface area contributed by atoms with Crippen molar-refractivity contribution in [2.75, 3.05) is 11.9 Å². The lowest BCUT2D eigenvalue weighted by atomic mass is 9.92. The highest BCUT2D eigenvalue weighted by molar-refractivity contribution is 5.93. The Morgan fingerprint density at radius 2 is 1.62 bits per heavy atom. The van der Waals surface area contributed by atoms with Crippen LogP contribution in [0.3, 0.4) is 0 Å². The second-order valence-corrected chi connectivity index (χ2v) is 7.36. The molecule has 0 amide bonds. The zero-order valence-corrected chi connectivity index (χ0v) is 15.5. The first-order valence-corrected chi connectivity index (χ1v) is 10.1. The molecule has 0 spiro atoms. The molecule has 1 aliphatic rings. The van der Waals surface area contributed by atoms with Crippen LogP contribution in [-0.2, 0) is 19.3 Å². The van der Waals surface area contributed by atoms with Crippen LogP contribution in [0, 0.1) is 0 Å². The number of hydrogen-bond donors (Lipinski definition) is 1. The van der Waals surface area contributed by atoms with Gasteiger partial charge in [0.15, 0.2) is 0 Å². The Labute approximate surface area is 156 Å². The summed E-state index contributed by atoms with van der Waals surface area (Å²) in [5.41, 5.74) is 6.74. The molecule has 1 aromatic heterocycles. The summed E-state index contributed by atoms with van der Waals surface area (Å²) in [4.78, 5) is 4.93. The van der Waals surface area contributed by atoms with Crippen LogP contribution in [0.2, 0.25) is 0 Å². The van der Waals surface area contributed by atoms with Gasteiger partial charge in [-0.05, 0) is 62.1 Å². The number of pyridine rings is 1. The number of unbranched alkanes of at least 4 members (excludes halogenated alkanes) is 2. The number of aryl methyl sites for hydroxylation is 2. The zero-order chi connectivity index (χ0) is 17.6. The van der Waals surface area contributed by atoms with Gasteiger partial charge in [0, 0.05) is 23.3 Å². The minimum atomic E-state index is 1.05. The average molecular weight is 345 g/mol. The fourth-order valence-electron chi connectivity index (χ4n) is 4.06. The SMILES string of the molecule is c1ccc(CCCCCNc2c3c(nc4ccccc24)CCCC3)cc1. The molecule has 0 saturated heterocycles. The van der Waals surface area contributed by atoms with Gasteiger partial charge in [-0.1, -0.05) is 55.0 Å². The number of aromatic nitrogens is 1. The van der Waals surface area contributed by atoms with E-state index in [9.17, 15) is 0 Å². The number of hydrogen-bond acceptors (Lipinski definition) is 2. The van der Waals surface area contributed by atoms with Crippen LogP contribution in [0.25, 0.3) is 10.9 Å². The van der Waals surface area contributed by atoms with Crippen molar-refractivity contribution in [3.05, 3.63) is 71.4 Å². The van der Waals surface area contributed by atoms with Gasteiger partial charge in [-0.25, -0.2) is 0 Å². The maximum absolute atomic E-state index is 4.93. The lowest BCUT2D eigenvalue weighted by Crippen LogP contribution is -2.12. The summed E-state index contributed by atoms with van der Waals surface area (Å²) in [5.74, 6) is 0. The lowest BCUT2D eigenvalue weighted by Gasteiger charge is -2.21. The number of anilines is 1. The van der Waals surface area contributed by atoms with Crippen molar-refractivity contribution in [1.29, 1.82) is 0 Å². The molecular weight excluding hydrogens is 316 g/mol. The van der Waals surface area contributed by atoms with Crippen molar-refractivity contribution in [2.45, 2.75) is 51.4 Å². The summed E-state index contributed by atoms with van der Waals surface area (Å²) < 4.78 is 0. The molecule has 134 valence electrons. The number of rotatable bonds is 7. The largest absolute Gasteiger partial charge is 0.384 e. The van der Waals surface area contributed by atoms with Gasteiger partial charge >= 0.3 is 0 Å². The van der Waals surface area contributed by atoms with E-state index in [1.54, 1.807) is 0 Å². The highest BCUT2D eigenvalue weighted by atomic mass is 14.9. The molecule has 1 N–H and O–H groups in total. The summed E-state index contributed by atoms with van der Waals surface area (Å²) in [6, 6.07) is 19.4. The first kappa shape index (κ1) is 17.1. The van der Waals surface area contributed by atoms with E-state index >= 15 is 0 Å². The standard InChI is InChI=1S/C24H28N2/c1-3-11-19(12-4-1)13-5-2-10-18-25-24-20-14-6-8-16-22(20)26-23-17-9-7-15-21(23)24/h1,3-4,6,8,11-12,14,16H,2,5,7,9-10,13,15,17-18H2,(H,25,26). The summed E-state index contributed by atoms with van der Waals surface area (Å²) in [5, 5.41) is 5.06. The van der Waals surface area contributed by atoms with Crippen molar-refractivity contribution < 1.29 is 0 Å². The molecule has 2 nitrogen and oxygen atoms in total. The number of fused-ring (bicyclic) bond motifs is 2. The second-order valence-electron chi connectivity index (χ2n) is 7.36. The van der Waals surface area contributed by atoms with Crippen LogP contribution < -0.4 is 5.32 Å². The van der Waals surface area contributed by atoms with E-state index in [0.717, 1.165) is 18.5 Å². The Kier molecular flexibility index (Phi) is 5.49. The van der Waals surface area contributed by atoms with Crippen molar-refractivity contribution >= 4 is 16.6 Å².